The molecule has 0 spiro atoms. The van der Waals surface area contributed by atoms with Gasteiger partial charge < -0.3 is 16.0 Å². The van der Waals surface area contributed by atoms with Crippen LogP contribution in [-0.4, -0.2) is 18.9 Å². The number of hydrogen-bond acceptors (Lipinski definition) is 2. The first-order valence-corrected chi connectivity index (χ1v) is 9.48. The maximum absolute atomic E-state index is 12.0. The fraction of sp³-hybridized carbons (Fsp3) is 0.333. The van der Waals surface area contributed by atoms with Crippen LogP contribution in [-0.2, 0) is 17.9 Å². The van der Waals surface area contributed by atoms with Crippen LogP contribution in [0.4, 0.5) is 5.69 Å². The molecule has 144 valence electrons. The molecule has 0 aliphatic heterocycles. The number of anilines is 1. The van der Waals surface area contributed by atoms with Gasteiger partial charge in [-0.2, -0.15) is 0 Å². The number of rotatable bonds is 7. The smallest absolute Gasteiger partial charge is 0.227 e. The highest BCUT2D eigenvalue weighted by atomic mass is 35.5. The molecule has 1 atom stereocenters. The lowest BCUT2D eigenvalue weighted by Crippen LogP contribution is -2.36. The highest BCUT2D eigenvalue weighted by molar-refractivity contribution is 6.30. The summed E-state index contributed by atoms with van der Waals surface area (Å²) in [4.78, 5) is 16.3. The highest BCUT2D eigenvalue weighted by Crippen LogP contribution is 2.13. The van der Waals surface area contributed by atoms with E-state index in [2.05, 4.69) is 20.9 Å². The number of guanidine groups is 1. The molecule has 0 saturated heterocycles. The van der Waals surface area contributed by atoms with Crippen molar-refractivity contribution in [2.45, 2.75) is 33.4 Å². The van der Waals surface area contributed by atoms with Gasteiger partial charge in [-0.15, -0.1) is 0 Å². The van der Waals surface area contributed by atoms with Gasteiger partial charge in [0.05, 0.1) is 0 Å². The van der Waals surface area contributed by atoms with Gasteiger partial charge in [0, 0.05) is 36.8 Å². The highest BCUT2D eigenvalue weighted by Gasteiger charge is 2.10. The minimum absolute atomic E-state index is 0.00248. The molecule has 1 unspecified atom stereocenters. The zero-order chi connectivity index (χ0) is 19.6. The Labute approximate surface area is 166 Å². The predicted octanol–water partition coefficient (Wildman–Crippen LogP) is 4.19. The number of nitrogens with one attached hydrogen (secondary N) is 3. The SMILES string of the molecule is CCC(C)C(=O)Nc1cccc(CNC(=NC)NCc2ccc(Cl)cc2)c1. The molecule has 6 heteroatoms. The monoisotopic (exact) mass is 386 g/mol. The zero-order valence-electron chi connectivity index (χ0n) is 16.1. The molecule has 0 radical (unpaired) electrons. The molecular weight excluding hydrogens is 360 g/mol. The Bertz CT molecular complexity index is 774. The van der Waals surface area contributed by atoms with E-state index in [1.807, 2.05) is 62.4 Å². The summed E-state index contributed by atoms with van der Waals surface area (Å²) in [6, 6.07) is 15.5. The molecule has 0 heterocycles. The molecule has 0 fully saturated rings. The fourth-order valence-electron chi connectivity index (χ4n) is 2.40. The van der Waals surface area contributed by atoms with Crippen LogP contribution in [0, 0.1) is 5.92 Å². The first-order valence-electron chi connectivity index (χ1n) is 9.10. The lowest BCUT2D eigenvalue weighted by molar-refractivity contribution is -0.119. The average Bonchev–Trinajstić information content (AvgIpc) is 2.69. The van der Waals surface area contributed by atoms with Crippen molar-refractivity contribution in [1.29, 1.82) is 0 Å². The Hall–Kier alpha value is -2.53. The van der Waals surface area contributed by atoms with E-state index in [9.17, 15) is 4.79 Å². The molecule has 0 aromatic heterocycles. The number of amides is 1. The number of halogens is 1. The van der Waals surface area contributed by atoms with Crippen molar-refractivity contribution >= 4 is 29.2 Å². The summed E-state index contributed by atoms with van der Waals surface area (Å²) in [5, 5.41) is 10.2. The van der Waals surface area contributed by atoms with Gasteiger partial charge in [0.1, 0.15) is 0 Å². The summed E-state index contributed by atoms with van der Waals surface area (Å²) >= 11 is 5.91. The third kappa shape index (κ3) is 6.94. The molecule has 0 saturated carbocycles. The van der Waals surface area contributed by atoms with Crippen LogP contribution in [0.15, 0.2) is 53.5 Å². The quantitative estimate of drug-likeness (QED) is 0.493. The maximum atomic E-state index is 12.0. The van der Waals surface area contributed by atoms with E-state index in [0.29, 0.717) is 19.0 Å². The minimum atomic E-state index is 0.00248. The Kier molecular flexibility index (Phi) is 8.14. The van der Waals surface area contributed by atoms with Gasteiger partial charge in [0.15, 0.2) is 5.96 Å². The summed E-state index contributed by atoms with van der Waals surface area (Å²) in [6.07, 6.45) is 0.822. The van der Waals surface area contributed by atoms with E-state index in [1.54, 1.807) is 7.05 Å². The summed E-state index contributed by atoms with van der Waals surface area (Å²) in [5.41, 5.74) is 2.99. The first-order chi connectivity index (χ1) is 13.0. The van der Waals surface area contributed by atoms with E-state index in [0.717, 1.165) is 28.3 Å². The van der Waals surface area contributed by atoms with E-state index in [4.69, 9.17) is 11.6 Å². The molecule has 27 heavy (non-hydrogen) atoms. The van der Waals surface area contributed by atoms with E-state index in [1.165, 1.54) is 0 Å². The largest absolute Gasteiger partial charge is 0.352 e. The fourth-order valence-corrected chi connectivity index (χ4v) is 2.53. The summed E-state index contributed by atoms with van der Waals surface area (Å²) in [6.45, 7) is 5.19. The molecule has 0 aliphatic carbocycles. The van der Waals surface area contributed by atoms with Crippen molar-refractivity contribution in [3.63, 3.8) is 0 Å². The average molecular weight is 387 g/mol. The van der Waals surface area contributed by atoms with Crippen LogP contribution >= 0.6 is 11.6 Å². The molecular formula is C21H27ClN4O. The van der Waals surface area contributed by atoms with Crippen molar-refractivity contribution in [2.24, 2.45) is 10.9 Å². The number of nitrogens with zero attached hydrogens (tertiary/aromatic N) is 1. The number of hydrogen-bond donors (Lipinski definition) is 3. The van der Waals surface area contributed by atoms with Crippen molar-refractivity contribution in [3.05, 3.63) is 64.7 Å². The Morgan fingerprint density at radius 2 is 1.74 bits per heavy atom. The van der Waals surface area contributed by atoms with Crippen molar-refractivity contribution in [3.8, 4) is 0 Å². The van der Waals surface area contributed by atoms with E-state index < -0.39 is 0 Å². The standard InChI is InChI=1S/C21H27ClN4O/c1-4-15(2)20(27)26-19-7-5-6-17(12-19)14-25-21(23-3)24-13-16-8-10-18(22)11-9-16/h5-12,15H,4,13-14H2,1-3H3,(H,26,27)(H2,23,24,25). The molecule has 3 N–H and O–H groups in total. The summed E-state index contributed by atoms with van der Waals surface area (Å²) < 4.78 is 0. The van der Waals surface area contributed by atoms with Crippen LogP contribution in [0.25, 0.3) is 0 Å². The number of carbonyl (C=O) groups excluding carboxylic acids is 1. The number of benzene rings is 2. The van der Waals surface area contributed by atoms with Gasteiger partial charge in [-0.05, 0) is 41.8 Å². The summed E-state index contributed by atoms with van der Waals surface area (Å²) in [5.74, 6) is 0.754. The van der Waals surface area contributed by atoms with Gasteiger partial charge in [-0.1, -0.05) is 49.7 Å². The normalized spacial score (nSPS) is 12.4. The van der Waals surface area contributed by atoms with Crippen molar-refractivity contribution in [1.82, 2.24) is 10.6 Å². The van der Waals surface area contributed by atoms with Gasteiger partial charge in [-0.3, -0.25) is 9.79 Å². The second-order valence-corrected chi connectivity index (χ2v) is 6.84. The number of carbonyl (C=O) groups is 1. The molecule has 2 aromatic carbocycles. The van der Waals surface area contributed by atoms with Crippen molar-refractivity contribution < 1.29 is 4.79 Å². The van der Waals surface area contributed by atoms with Gasteiger partial charge in [0.25, 0.3) is 0 Å². The third-order valence-corrected chi connectivity index (χ3v) is 4.56. The molecule has 0 bridgehead atoms. The molecule has 0 aliphatic rings. The van der Waals surface area contributed by atoms with E-state index >= 15 is 0 Å². The second-order valence-electron chi connectivity index (χ2n) is 6.40. The van der Waals surface area contributed by atoms with E-state index in [-0.39, 0.29) is 11.8 Å². The Balaban J connectivity index is 1.87. The molecule has 2 rings (SSSR count). The number of aliphatic imine (C=N–C) groups is 1. The van der Waals surface area contributed by atoms with Gasteiger partial charge >= 0.3 is 0 Å². The Morgan fingerprint density at radius 1 is 1.07 bits per heavy atom. The summed E-state index contributed by atoms with van der Waals surface area (Å²) in [7, 11) is 1.74. The Morgan fingerprint density at radius 3 is 2.37 bits per heavy atom. The minimum Gasteiger partial charge on any atom is -0.352 e. The molecule has 5 nitrogen and oxygen atoms in total. The lowest BCUT2D eigenvalue weighted by atomic mass is 10.1. The van der Waals surface area contributed by atoms with Crippen LogP contribution in [0.3, 0.4) is 0 Å². The van der Waals surface area contributed by atoms with Crippen molar-refractivity contribution in [2.75, 3.05) is 12.4 Å². The molecule has 1 amide bonds. The maximum Gasteiger partial charge on any atom is 0.227 e. The van der Waals surface area contributed by atoms with Gasteiger partial charge in [-0.25, -0.2) is 0 Å². The van der Waals surface area contributed by atoms with Crippen LogP contribution in [0.2, 0.25) is 5.02 Å². The van der Waals surface area contributed by atoms with Crippen LogP contribution in [0.1, 0.15) is 31.4 Å². The predicted molar refractivity (Wildman–Crippen MR) is 113 cm³/mol. The van der Waals surface area contributed by atoms with Crippen LogP contribution < -0.4 is 16.0 Å². The third-order valence-electron chi connectivity index (χ3n) is 4.31. The first kappa shape index (κ1) is 20.8. The lowest BCUT2D eigenvalue weighted by Gasteiger charge is -2.14. The van der Waals surface area contributed by atoms with Gasteiger partial charge in [0.2, 0.25) is 5.91 Å². The topological polar surface area (TPSA) is 65.5 Å². The second kappa shape index (κ2) is 10.6. The zero-order valence-corrected chi connectivity index (χ0v) is 16.8. The molecule has 2 aromatic rings. The van der Waals surface area contributed by atoms with Crippen LogP contribution in [0.5, 0.6) is 0 Å².